The Morgan fingerprint density at radius 2 is 1.85 bits per heavy atom. The zero-order valence-corrected chi connectivity index (χ0v) is 15.8. The van der Waals surface area contributed by atoms with E-state index in [9.17, 15) is 10.4 Å². The molecule has 27 heavy (non-hydrogen) atoms. The highest BCUT2D eigenvalue weighted by Crippen LogP contribution is 2.35. The predicted octanol–water partition coefficient (Wildman–Crippen LogP) is 5.91. The third-order valence-electron chi connectivity index (χ3n) is 3.09. The number of benzene rings is 2. The topological polar surface area (TPSA) is 106 Å². The summed E-state index contributed by atoms with van der Waals surface area (Å²) in [5.41, 5.74) is 3.84. The standard InChI is InChI=1S/C17H10Cl2N6OS/c18-10-3-1-5-12(7-10)22-24-14(9-20)16-21-15(26)17(27-16)25-23-13-6-2-4-11(19)8-13/h1-8,22,26H/b24-14-,25-23?. The lowest BCUT2D eigenvalue weighted by Crippen LogP contribution is -2.01. The van der Waals surface area contributed by atoms with Crippen LogP contribution in [0.4, 0.5) is 16.4 Å². The fourth-order valence-corrected chi connectivity index (χ4v) is 3.01. The molecule has 0 amide bonds. The molecule has 0 aliphatic carbocycles. The summed E-state index contributed by atoms with van der Waals surface area (Å²) in [6.45, 7) is 0. The van der Waals surface area contributed by atoms with Crippen LogP contribution >= 0.6 is 34.5 Å². The molecule has 0 saturated heterocycles. The Hall–Kier alpha value is -2.99. The number of anilines is 1. The Bertz CT molecular complexity index is 1070. The lowest BCUT2D eigenvalue weighted by Gasteiger charge is -2.00. The maximum atomic E-state index is 9.95. The fourth-order valence-electron chi connectivity index (χ4n) is 1.91. The Morgan fingerprint density at radius 3 is 2.56 bits per heavy atom. The van der Waals surface area contributed by atoms with Crippen LogP contribution in [-0.4, -0.2) is 15.8 Å². The third kappa shape index (κ3) is 5.01. The van der Waals surface area contributed by atoms with Gasteiger partial charge in [-0.1, -0.05) is 46.7 Å². The van der Waals surface area contributed by atoms with Crippen LogP contribution < -0.4 is 5.43 Å². The number of halogens is 2. The Labute approximate surface area is 168 Å². The second-order valence-corrected chi connectivity index (χ2v) is 6.87. The number of thiazole rings is 1. The normalized spacial score (nSPS) is 11.5. The SMILES string of the molecule is N#C/C(=N/Nc1cccc(Cl)c1)c1nc(O)c(N=Nc2cccc(Cl)c2)s1. The average Bonchev–Trinajstić information content (AvgIpc) is 3.01. The van der Waals surface area contributed by atoms with Crippen LogP contribution in [0.3, 0.4) is 0 Å². The number of nitriles is 1. The summed E-state index contributed by atoms with van der Waals surface area (Å²) < 4.78 is 0. The monoisotopic (exact) mass is 416 g/mol. The number of nitrogens with one attached hydrogen (secondary N) is 1. The minimum atomic E-state index is -0.341. The first-order valence-electron chi connectivity index (χ1n) is 7.42. The maximum absolute atomic E-state index is 9.95. The average molecular weight is 417 g/mol. The summed E-state index contributed by atoms with van der Waals surface area (Å²) in [5.74, 6) is -0.341. The van der Waals surface area contributed by atoms with Gasteiger partial charge in [-0.3, -0.25) is 5.43 Å². The van der Waals surface area contributed by atoms with Gasteiger partial charge in [-0.05, 0) is 36.4 Å². The molecule has 0 unspecified atom stereocenters. The first kappa shape index (κ1) is 18.8. The first-order chi connectivity index (χ1) is 13.0. The van der Waals surface area contributed by atoms with E-state index in [0.29, 0.717) is 21.4 Å². The minimum absolute atomic E-state index is 0.0144. The van der Waals surface area contributed by atoms with Crippen molar-refractivity contribution >= 4 is 56.6 Å². The molecule has 10 heteroatoms. The molecule has 0 atom stereocenters. The molecular weight excluding hydrogens is 407 g/mol. The fraction of sp³-hybridized carbons (Fsp3) is 0. The molecule has 134 valence electrons. The number of hydrogen-bond donors (Lipinski definition) is 2. The minimum Gasteiger partial charge on any atom is -0.491 e. The number of aromatic hydroxyl groups is 1. The smallest absolute Gasteiger partial charge is 0.251 e. The van der Waals surface area contributed by atoms with Gasteiger partial charge in [0, 0.05) is 10.0 Å². The molecule has 1 aromatic heterocycles. The first-order valence-corrected chi connectivity index (χ1v) is 8.99. The summed E-state index contributed by atoms with van der Waals surface area (Å²) in [6, 6.07) is 15.6. The molecule has 0 spiro atoms. The van der Waals surface area contributed by atoms with Gasteiger partial charge in [0.2, 0.25) is 5.00 Å². The summed E-state index contributed by atoms with van der Waals surface area (Å²) in [5, 5.41) is 32.6. The number of nitrogens with zero attached hydrogens (tertiary/aromatic N) is 5. The van der Waals surface area contributed by atoms with Crippen molar-refractivity contribution in [2.75, 3.05) is 5.43 Å². The van der Waals surface area contributed by atoms with Gasteiger partial charge in [-0.2, -0.15) is 15.3 Å². The summed E-state index contributed by atoms with van der Waals surface area (Å²) >= 11 is 12.8. The summed E-state index contributed by atoms with van der Waals surface area (Å²) in [7, 11) is 0. The maximum Gasteiger partial charge on any atom is 0.251 e. The highest BCUT2D eigenvalue weighted by molar-refractivity contribution is 7.17. The molecule has 3 aromatic rings. The van der Waals surface area contributed by atoms with Gasteiger partial charge in [0.05, 0.1) is 11.4 Å². The van der Waals surface area contributed by atoms with Crippen LogP contribution in [0, 0.1) is 11.3 Å². The number of hydrogen-bond acceptors (Lipinski definition) is 8. The molecule has 0 aliphatic rings. The van der Waals surface area contributed by atoms with Gasteiger partial charge in [0.1, 0.15) is 6.07 Å². The van der Waals surface area contributed by atoms with Crippen LogP contribution in [-0.2, 0) is 0 Å². The van der Waals surface area contributed by atoms with E-state index >= 15 is 0 Å². The van der Waals surface area contributed by atoms with E-state index in [-0.39, 0.29) is 21.6 Å². The Kier molecular flexibility index (Phi) is 5.98. The number of rotatable bonds is 5. The molecule has 2 aromatic carbocycles. The summed E-state index contributed by atoms with van der Waals surface area (Å²) in [6.07, 6.45) is 0. The molecule has 3 rings (SSSR count). The van der Waals surface area contributed by atoms with Crippen molar-refractivity contribution in [3.05, 3.63) is 63.6 Å². The number of azo groups is 1. The highest BCUT2D eigenvalue weighted by atomic mass is 35.5. The van der Waals surface area contributed by atoms with E-state index in [4.69, 9.17) is 23.2 Å². The predicted molar refractivity (Wildman–Crippen MR) is 107 cm³/mol. The molecule has 1 heterocycles. The van der Waals surface area contributed by atoms with Crippen molar-refractivity contribution in [3.63, 3.8) is 0 Å². The van der Waals surface area contributed by atoms with Crippen LogP contribution in [0.1, 0.15) is 5.01 Å². The molecule has 2 N–H and O–H groups in total. The molecule has 0 fully saturated rings. The van der Waals surface area contributed by atoms with E-state index in [1.807, 2.05) is 6.07 Å². The van der Waals surface area contributed by atoms with E-state index in [0.717, 1.165) is 11.3 Å². The van der Waals surface area contributed by atoms with E-state index in [1.54, 1.807) is 48.5 Å². The van der Waals surface area contributed by atoms with Crippen molar-refractivity contribution in [3.8, 4) is 11.9 Å². The van der Waals surface area contributed by atoms with Crippen molar-refractivity contribution in [2.24, 2.45) is 15.3 Å². The van der Waals surface area contributed by atoms with Crippen LogP contribution in [0.15, 0.2) is 63.9 Å². The van der Waals surface area contributed by atoms with Crippen molar-refractivity contribution in [1.82, 2.24) is 4.98 Å². The quantitative estimate of drug-likeness (QED) is 0.306. The second kappa shape index (κ2) is 8.60. The molecule has 7 nitrogen and oxygen atoms in total. The van der Waals surface area contributed by atoms with Crippen molar-refractivity contribution in [1.29, 1.82) is 5.26 Å². The molecule has 0 bridgehead atoms. The van der Waals surface area contributed by atoms with Gasteiger partial charge >= 0.3 is 0 Å². The Balaban J connectivity index is 1.81. The number of aromatic nitrogens is 1. The van der Waals surface area contributed by atoms with Crippen molar-refractivity contribution in [2.45, 2.75) is 0 Å². The lowest BCUT2D eigenvalue weighted by molar-refractivity contribution is 0.458. The van der Waals surface area contributed by atoms with Crippen LogP contribution in [0.5, 0.6) is 5.88 Å². The van der Waals surface area contributed by atoms with Crippen LogP contribution in [0.2, 0.25) is 10.0 Å². The second-order valence-electron chi connectivity index (χ2n) is 5.02. The lowest BCUT2D eigenvalue weighted by atomic mass is 10.3. The third-order valence-corrected chi connectivity index (χ3v) is 4.49. The van der Waals surface area contributed by atoms with E-state index in [2.05, 4.69) is 25.7 Å². The van der Waals surface area contributed by atoms with E-state index < -0.39 is 0 Å². The molecule has 0 saturated carbocycles. The largest absolute Gasteiger partial charge is 0.491 e. The van der Waals surface area contributed by atoms with Gasteiger partial charge in [-0.25, -0.2) is 0 Å². The zero-order chi connectivity index (χ0) is 19.2. The summed E-state index contributed by atoms with van der Waals surface area (Å²) in [4.78, 5) is 3.92. The van der Waals surface area contributed by atoms with E-state index in [1.165, 1.54) is 0 Å². The molecular formula is C17H10Cl2N6OS. The van der Waals surface area contributed by atoms with Gasteiger partial charge < -0.3 is 5.11 Å². The number of hydrazone groups is 1. The van der Waals surface area contributed by atoms with Crippen LogP contribution in [0.25, 0.3) is 0 Å². The molecule has 0 radical (unpaired) electrons. The Morgan fingerprint density at radius 1 is 1.11 bits per heavy atom. The zero-order valence-electron chi connectivity index (χ0n) is 13.5. The highest BCUT2D eigenvalue weighted by Gasteiger charge is 2.15. The van der Waals surface area contributed by atoms with Gasteiger partial charge in [0.15, 0.2) is 10.7 Å². The van der Waals surface area contributed by atoms with Gasteiger partial charge in [-0.15, -0.1) is 10.2 Å². The molecule has 0 aliphatic heterocycles. The van der Waals surface area contributed by atoms with Gasteiger partial charge in [0.25, 0.3) is 5.88 Å². The van der Waals surface area contributed by atoms with Crippen molar-refractivity contribution < 1.29 is 5.11 Å².